The van der Waals surface area contributed by atoms with E-state index in [0.29, 0.717) is 17.3 Å². The number of rotatable bonds is 7. The van der Waals surface area contributed by atoms with Gasteiger partial charge < -0.3 is 15.4 Å². The van der Waals surface area contributed by atoms with Crippen LogP contribution in [-0.2, 0) is 11.0 Å². The minimum Gasteiger partial charge on any atom is -0.394 e. The van der Waals surface area contributed by atoms with Crippen molar-refractivity contribution in [3.63, 3.8) is 0 Å². The molecule has 172 valence electrons. The molecule has 0 aliphatic carbocycles. The number of benzene rings is 1. The molecule has 3 heterocycles. The Morgan fingerprint density at radius 2 is 1.67 bits per heavy atom. The van der Waals surface area contributed by atoms with E-state index in [1.54, 1.807) is 23.3 Å². The summed E-state index contributed by atoms with van der Waals surface area (Å²) >= 11 is 0. The number of hydrogen-bond donors (Lipinski definition) is 2. The van der Waals surface area contributed by atoms with Crippen molar-refractivity contribution in [2.45, 2.75) is 45.6 Å². The molecule has 1 atom stereocenters. The van der Waals surface area contributed by atoms with Gasteiger partial charge in [-0.2, -0.15) is 10.1 Å². The van der Waals surface area contributed by atoms with Crippen molar-refractivity contribution in [2.24, 2.45) is 5.92 Å². The topological polar surface area (TPSA) is 129 Å². The molecule has 0 aliphatic heterocycles. The molecule has 0 amide bonds. The van der Waals surface area contributed by atoms with E-state index in [1.807, 2.05) is 32.2 Å². The molecule has 9 heteroatoms. The molecule has 4 rings (SSSR count). The number of nitrogen functional groups attached to an aromatic ring is 1. The van der Waals surface area contributed by atoms with E-state index in [4.69, 9.17) is 15.2 Å². The second-order valence-corrected chi connectivity index (χ2v) is 9.33. The second kappa shape index (κ2) is 8.40. The first kappa shape index (κ1) is 22.6. The molecule has 1 unspecified atom stereocenters. The van der Waals surface area contributed by atoms with Crippen LogP contribution in [0, 0.1) is 5.92 Å². The van der Waals surface area contributed by atoms with Crippen LogP contribution in [0.3, 0.4) is 0 Å². The molecular weight excluding hydrogens is 418 g/mol. The van der Waals surface area contributed by atoms with Crippen molar-refractivity contribution < 1.29 is 9.63 Å². The zero-order valence-corrected chi connectivity index (χ0v) is 19.5. The molecule has 3 aromatic heterocycles. The predicted molar refractivity (Wildman–Crippen MR) is 125 cm³/mol. The van der Waals surface area contributed by atoms with E-state index < -0.39 is 11.0 Å². The van der Waals surface area contributed by atoms with Crippen LogP contribution in [0.2, 0.25) is 0 Å². The molecule has 0 saturated heterocycles. The van der Waals surface area contributed by atoms with Crippen molar-refractivity contribution in [3.05, 3.63) is 60.4 Å². The van der Waals surface area contributed by atoms with Crippen molar-refractivity contribution in [1.82, 2.24) is 29.9 Å². The van der Waals surface area contributed by atoms with E-state index in [1.165, 1.54) is 0 Å². The summed E-state index contributed by atoms with van der Waals surface area (Å²) in [7, 11) is 0. The number of aliphatic hydroxyl groups excluding tert-OH is 1. The Kier molecular flexibility index (Phi) is 5.75. The largest absolute Gasteiger partial charge is 0.394 e. The smallest absolute Gasteiger partial charge is 0.261 e. The summed E-state index contributed by atoms with van der Waals surface area (Å²) < 4.78 is 7.33. The van der Waals surface area contributed by atoms with Crippen LogP contribution in [0.25, 0.3) is 22.6 Å². The second-order valence-electron chi connectivity index (χ2n) is 9.33. The lowest BCUT2D eigenvalue weighted by Crippen LogP contribution is -2.31. The van der Waals surface area contributed by atoms with Gasteiger partial charge in [-0.1, -0.05) is 43.3 Å². The van der Waals surface area contributed by atoms with Gasteiger partial charge in [-0.05, 0) is 37.8 Å². The highest BCUT2D eigenvalue weighted by Gasteiger charge is 2.37. The number of anilines is 1. The summed E-state index contributed by atoms with van der Waals surface area (Å²) in [6.45, 7) is 10.2. The van der Waals surface area contributed by atoms with Gasteiger partial charge in [0.2, 0.25) is 5.95 Å². The van der Waals surface area contributed by atoms with Gasteiger partial charge in [0.25, 0.3) is 5.89 Å². The van der Waals surface area contributed by atoms with Gasteiger partial charge in [-0.15, -0.1) is 0 Å². The van der Waals surface area contributed by atoms with Gasteiger partial charge in [-0.25, -0.2) is 9.97 Å². The Bertz CT molecular complexity index is 1230. The maximum atomic E-state index is 9.60. The average Bonchev–Trinajstić information content (AvgIpc) is 3.49. The van der Waals surface area contributed by atoms with E-state index >= 15 is 0 Å². The van der Waals surface area contributed by atoms with Crippen molar-refractivity contribution in [2.75, 3.05) is 12.3 Å². The number of aromatic nitrogens is 6. The van der Waals surface area contributed by atoms with Crippen LogP contribution in [0.1, 0.15) is 46.0 Å². The lowest BCUT2D eigenvalue weighted by molar-refractivity contribution is 0.152. The minimum atomic E-state index is -0.523. The summed E-state index contributed by atoms with van der Waals surface area (Å²) in [5.74, 6) is 1.45. The first-order valence-corrected chi connectivity index (χ1v) is 10.8. The quantitative estimate of drug-likeness (QED) is 0.439. The number of nitrogens with two attached hydrogens (primary N) is 1. The highest BCUT2D eigenvalue weighted by atomic mass is 16.5. The third-order valence-corrected chi connectivity index (χ3v) is 6.37. The Morgan fingerprint density at radius 3 is 2.27 bits per heavy atom. The predicted octanol–water partition coefficient (Wildman–Crippen LogP) is 3.66. The molecule has 4 aromatic rings. The van der Waals surface area contributed by atoms with Crippen LogP contribution in [0.5, 0.6) is 0 Å². The van der Waals surface area contributed by atoms with E-state index in [-0.39, 0.29) is 18.5 Å². The zero-order chi connectivity index (χ0) is 23.8. The Labute approximate surface area is 192 Å². The number of hydrogen-bond acceptors (Lipinski definition) is 8. The monoisotopic (exact) mass is 447 g/mol. The summed E-state index contributed by atoms with van der Waals surface area (Å²) in [6.07, 6.45) is 6.90. The van der Waals surface area contributed by atoms with Gasteiger partial charge in [-0.3, -0.25) is 4.68 Å². The van der Waals surface area contributed by atoms with Crippen LogP contribution < -0.4 is 5.73 Å². The summed E-state index contributed by atoms with van der Waals surface area (Å²) in [6, 6.07) is 8.22. The summed E-state index contributed by atoms with van der Waals surface area (Å²) in [5, 5.41) is 18.3. The number of nitrogens with zero attached hydrogens (tertiary/aromatic N) is 6. The van der Waals surface area contributed by atoms with Crippen molar-refractivity contribution in [1.29, 1.82) is 0 Å². The molecule has 33 heavy (non-hydrogen) atoms. The van der Waals surface area contributed by atoms with Gasteiger partial charge in [0.15, 0.2) is 5.82 Å². The standard InChI is InChI=1S/C24H29N7O2/c1-15(2)24(5,19-8-6-16(7-9-19)17-10-26-22(25)27-11-17)21-29-20(33-30-21)18-12-28-31(13-18)23(3,4)14-32/h6-13,15,32H,14H2,1-5H3,(H2,25,26,27). The van der Waals surface area contributed by atoms with Gasteiger partial charge >= 0.3 is 0 Å². The molecule has 0 bridgehead atoms. The molecule has 0 spiro atoms. The fourth-order valence-corrected chi connectivity index (χ4v) is 3.61. The summed E-state index contributed by atoms with van der Waals surface area (Å²) in [5.41, 5.74) is 8.27. The summed E-state index contributed by atoms with van der Waals surface area (Å²) in [4.78, 5) is 12.9. The van der Waals surface area contributed by atoms with Gasteiger partial charge in [0.05, 0.1) is 29.3 Å². The fourth-order valence-electron chi connectivity index (χ4n) is 3.61. The Balaban J connectivity index is 1.66. The molecule has 0 aliphatic rings. The highest BCUT2D eigenvalue weighted by molar-refractivity contribution is 5.62. The Morgan fingerprint density at radius 1 is 1.00 bits per heavy atom. The molecule has 1 aromatic carbocycles. The van der Waals surface area contributed by atoms with E-state index in [2.05, 4.69) is 53.1 Å². The van der Waals surface area contributed by atoms with Crippen LogP contribution in [-0.4, -0.2) is 41.6 Å². The van der Waals surface area contributed by atoms with Gasteiger partial charge in [0.1, 0.15) is 0 Å². The lowest BCUT2D eigenvalue weighted by Gasteiger charge is -2.31. The average molecular weight is 448 g/mol. The van der Waals surface area contributed by atoms with Gasteiger partial charge in [0, 0.05) is 24.2 Å². The third kappa shape index (κ3) is 4.11. The third-order valence-electron chi connectivity index (χ3n) is 6.37. The van der Waals surface area contributed by atoms with Crippen LogP contribution in [0.4, 0.5) is 5.95 Å². The Hall–Kier alpha value is -3.59. The van der Waals surface area contributed by atoms with E-state index in [0.717, 1.165) is 16.7 Å². The van der Waals surface area contributed by atoms with Crippen LogP contribution in [0.15, 0.2) is 53.6 Å². The number of aliphatic hydroxyl groups is 1. The first-order chi connectivity index (χ1) is 15.6. The van der Waals surface area contributed by atoms with Crippen LogP contribution >= 0.6 is 0 Å². The first-order valence-electron chi connectivity index (χ1n) is 10.8. The molecule has 0 fully saturated rings. The van der Waals surface area contributed by atoms with Crippen molar-refractivity contribution in [3.8, 4) is 22.6 Å². The maximum absolute atomic E-state index is 9.60. The van der Waals surface area contributed by atoms with E-state index in [9.17, 15) is 5.11 Å². The molecular formula is C24H29N7O2. The molecule has 0 saturated carbocycles. The minimum absolute atomic E-state index is 0.0346. The molecule has 9 nitrogen and oxygen atoms in total. The zero-order valence-electron chi connectivity index (χ0n) is 19.5. The SMILES string of the molecule is CC(C)C(C)(c1ccc(-c2cnc(N)nc2)cc1)c1noc(-c2cnn(C(C)(C)CO)c2)n1. The normalized spacial score (nSPS) is 13.9. The lowest BCUT2D eigenvalue weighted by atomic mass is 9.72. The molecule has 3 N–H and O–H groups in total. The maximum Gasteiger partial charge on any atom is 0.261 e. The fraction of sp³-hybridized carbons (Fsp3) is 0.375. The van der Waals surface area contributed by atoms with Crippen molar-refractivity contribution >= 4 is 5.95 Å². The highest BCUT2D eigenvalue weighted by Crippen LogP contribution is 2.39. The molecule has 0 radical (unpaired) electrons.